The standard InChI is InChI=1S/C22H23BrN2O3/c1-3-11-8-12(23)4-7-17(11)24-20(26)10(2)25-21(27)18-13-5-6-14(16-9-15(13)16)19(18)22(25)28/h4-8,10,13-16,18-19H,3,9H2,1-2H3,(H,24,26)/t10-,13-,14-,15-,16-,18-,19+/m0/s1. The third-order valence-electron chi connectivity index (χ3n) is 7.17. The number of nitrogens with one attached hydrogen (secondary N) is 1. The van der Waals surface area contributed by atoms with Gasteiger partial charge in [-0.15, -0.1) is 0 Å². The molecule has 146 valence electrons. The van der Waals surface area contributed by atoms with Gasteiger partial charge < -0.3 is 5.32 Å². The van der Waals surface area contributed by atoms with Crippen molar-refractivity contribution in [1.29, 1.82) is 0 Å². The second-order valence-electron chi connectivity index (χ2n) is 8.52. The Kier molecular flexibility index (Phi) is 4.06. The Morgan fingerprint density at radius 2 is 1.79 bits per heavy atom. The number of halogens is 1. The molecule has 1 aromatic rings. The highest BCUT2D eigenvalue weighted by atomic mass is 79.9. The number of aryl methyl sites for hydroxylation is 1. The van der Waals surface area contributed by atoms with Gasteiger partial charge in [0, 0.05) is 10.2 Å². The summed E-state index contributed by atoms with van der Waals surface area (Å²) >= 11 is 3.45. The molecule has 5 nitrogen and oxygen atoms in total. The molecule has 1 N–H and O–H groups in total. The molecule has 5 aliphatic rings. The molecular weight excluding hydrogens is 420 g/mol. The van der Waals surface area contributed by atoms with Crippen LogP contribution in [-0.4, -0.2) is 28.7 Å². The Bertz CT molecular complexity index is 890. The number of amides is 3. The lowest BCUT2D eigenvalue weighted by molar-refractivity contribution is -0.146. The average molecular weight is 443 g/mol. The normalized spacial score (nSPS) is 35.6. The number of allylic oxidation sites excluding steroid dienone is 2. The van der Waals surface area contributed by atoms with E-state index in [-0.39, 0.29) is 41.4 Å². The Morgan fingerprint density at radius 3 is 2.36 bits per heavy atom. The van der Waals surface area contributed by atoms with E-state index in [4.69, 9.17) is 0 Å². The Balaban J connectivity index is 1.37. The maximum absolute atomic E-state index is 13.2. The number of hydrogen-bond acceptors (Lipinski definition) is 3. The molecule has 3 amide bonds. The van der Waals surface area contributed by atoms with Gasteiger partial charge >= 0.3 is 0 Å². The molecule has 6 rings (SSSR count). The Hall–Kier alpha value is -1.95. The molecule has 0 spiro atoms. The minimum atomic E-state index is -0.810. The molecule has 28 heavy (non-hydrogen) atoms. The third kappa shape index (κ3) is 2.46. The van der Waals surface area contributed by atoms with Crippen LogP contribution in [0.5, 0.6) is 0 Å². The van der Waals surface area contributed by atoms with E-state index in [1.54, 1.807) is 6.92 Å². The van der Waals surface area contributed by atoms with Gasteiger partial charge in [0.15, 0.2) is 0 Å². The summed E-state index contributed by atoms with van der Waals surface area (Å²) in [6, 6.07) is 4.88. The van der Waals surface area contributed by atoms with Crippen molar-refractivity contribution >= 4 is 39.3 Å². The van der Waals surface area contributed by atoms with Crippen LogP contribution in [0, 0.1) is 35.5 Å². The molecule has 0 unspecified atom stereocenters. The van der Waals surface area contributed by atoms with Gasteiger partial charge in [0.2, 0.25) is 17.7 Å². The van der Waals surface area contributed by atoms with Crippen LogP contribution < -0.4 is 5.32 Å². The number of hydrogen-bond donors (Lipinski definition) is 1. The van der Waals surface area contributed by atoms with Gasteiger partial charge in [-0.2, -0.15) is 0 Å². The van der Waals surface area contributed by atoms with Crippen molar-refractivity contribution in [2.75, 3.05) is 5.32 Å². The van der Waals surface area contributed by atoms with E-state index in [0.717, 1.165) is 28.6 Å². The number of rotatable bonds is 4. The van der Waals surface area contributed by atoms with E-state index in [1.165, 1.54) is 4.90 Å². The predicted molar refractivity (Wildman–Crippen MR) is 108 cm³/mol. The zero-order valence-corrected chi connectivity index (χ0v) is 17.5. The van der Waals surface area contributed by atoms with Crippen LogP contribution in [0.2, 0.25) is 0 Å². The average Bonchev–Trinajstić information content (AvgIpc) is 3.46. The number of nitrogens with zero attached hydrogens (tertiary/aromatic N) is 1. The van der Waals surface area contributed by atoms with Crippen LogP contribution in [0.1, 0.15) is 25.8 Å². The minimum Gasteiger partial charge on any atom is -0.324 e. The second-order valence-corrected chi connectivity index (χ2v) is 9.44. The summed E-state index contributed by atoms with van der Waals surface area (Å²) < 4.78 is 0.950. The maximum Gasteiger partial charge on any atom is 0.247 e. The predicted octanol–water partition coefficient (Wildman–Crippen LogP) is 3.39. The largest absolute Gasteiger partial charge is 0.324 e. The second kappa shape index (κ2) is 6.28. The van der Waals surface area contributed by atoms with Gasteiger partial charge in [0.05, 0.1) is 11.8 Å². The fourth-order valence-corrected chi connectivity index (χ4v) is 6.10. The topological polar surface area (TPSA) is 66.5 Å². The first-order valence-electron chi connectivity index (χ1n) is 10.1. The molecule has 2 bridgehead atoms. The molecule has 1 heterocycles. The van der Waals surface area contributed by atoms with E-state index in [0.29, 0.717) is 11.8 Å². The molecule has 6 heteroatoms. The summed E-state index contributed by atoms with van der Waals surface area (Å²) in [5.41, 5.74) is 1.73. The van der Waals surface area contributed by atoms with Gasteiger partial charge in [-0.25, -0.2) is 0 Å². The lowest BCUT2D eigenvalue weighted by Crippen LogP contribution is -2.46. The van der Waals surface area contributed by atoms with Gasteiger partial charge in [-0.3, -0.25) is 19.3 Å². The van der Waals surface area contributed by atoms with Gasteiger partial charge in [0.25, 0.3) is 0 Å². The molecule has 3 fully saturated rings. The van der Waals surface area contributed by atoms with Crippen molar-refractivity contribution in [3.8, 4) is 0 Å². The zero-order valence-electron chi connectivity index (χ0n) is 15.9. The first-order chi connectivity index (χ1) is 13.4. The third-order valence-corrected chi connectivity index (χ3v) is 7.66. The van der Waals surface area contributed by atoms with E-state index >= 15 is 0 Å². The fraction of sp³-hybridized carbons (Fsp3) is 0.500. The summed E-state index contributed by atoms with van der Waals surface area (Å²) in [5.74, 6) is 0.315. The quantitative estimate of drug-likeness (QED) is 0.573. The maximum atomic E-state index is 13.2. The molecular formula is C22H23BrN2O3. The van der Waals surface area contributed by atoms with Crippen molar-refractivity contribution in [2.24, 2.45) is 35.5 Å². The SMILES string of the molecule is CCc1cc(Br)ccc1NC(=O)[C@H](C)N1C(=O)[C@@H]2[C@H]3C=C[C@@H]([C@@H]4C[C@@H]34)[C@@H]2C1=O. The van der Waals surface area contributed by atoms with E-state index in [2.05, 4.69) is 33.4 Å². The van der Waals surface area contributed by atoms with E-state index < -0.39 is 6.04 Å². The summed E-state index contributed by atoms with van der Waals surface area (Å²) in [7, 11) is 0. The van der Waals surface area contributed by atoms with Crippen LogP contribution >= 0.6 is 15.9 Å². The van der Waals surface area contributed by atoms with Crippen LogP contribution in [0.4, 0.5) is 5.69 Å². The number of carbonyl (C=O) groups is 3. The van der Waals surface area contributed by atoms with Crippen molar-refractivity contribution < 1.29 is 14.4 Å². The number of imide groups is 1. The van der Waals surface area contributed by atoms with Gasteiger partial charge in [-0.1, -0.05) is 35.0 Å². The molecule has 0 aromatic heterocycles. The van der Waals surface area contributed by atoms with E-state index in [9.17, 15) is 14.4 Å². The summed E-state index contributed by atoms with van der Waals surface area (Å²) in [6.07, 6.45) is 6.20. The molecule has 0 radical (unpaired) electrons. The highest BCUT2D eigenvalue weighted by molar-refractivity contribution is 9.10. The molecule has 4 aliphatic carbocycles. The summed E-state index contributed by atoms with van der Waals surface area (Å²) in [6.45, 7) is 3.68. The first kappa shape index (κ1) is 18.1. The van der Waals surface area contributed by atoms with E-state index in [1.807, 2.05) is 25.1 Å². The number of carbonyl (C=O) groups excluding carboxylic acids is 3. The highest BCUT2D eigenvalue weighted by Gasteiger charge is 2.67. The summed E-state index contributed by atoms with van der Waals surface area (Å²) in [5, 5.41) is 2.92. The molecule has 1 aliphatic heterocycles. The lowest BCUT2D eigenvalue weighted by Gasteiger charge is -2.37. The lowest BCUT2D eigenvalue weighted by atomic mass is 9.63. The first-order valence-corrected chi connectivity index (χ1v) is 10.9. The summed E-state index contributed by atoms with van der Waals surface area (Å²) in [4.78, 5) is 40.5. The highest BCUT2D eigenvalue weighted by Crippen LogP contribution is 2.65. The molecule has 1 saturated heterocycles. The molecule has 1 aromatic carbocycles. The zero-order chi connectivity index (χ0) is 19.7. The Morgan fingerprint density at radius 1 is 1.18 bits per heavy atom. The van der Waals surface area contributed by atoms with Crippen LogP contribution in [0.15, 0.2) is 34.8 Å². The fourth-order valence-electron chi connectivity index (χ4n) is 5.69. The Labute approximate surface area is 172 Å². The van der Waals surface area contributed by atoms with Crippen molar-refractivity contribution in [3.63, 3.8) is 0 Å². The van der Waals surface area contributed by atoms with Crippen LogP contribution in [0.3, 0.4) is 0 Å². The minimum absolute atomic E-state index is 0.158. The van der Waals surface area contributed by atoms with Crippen molar-refractivity contribution in [1.82, 2.24) is 4.90 Å². The van der Waals surface area contributed by atoms with Crippen LogP contribution in [0.25, 0.3) is 0 Å². The number of likely N-dealkylation sites (tertiary alicyclic amines) is 1. The number of benzene rings is 1. The van der Waals surface area contributed by atoms with Crippen LogP contribution in [-0.2, 0) is 20.8 Å². The number of anilines is 1. The van der Waals surface area contributed by atoms with Gasteiger partial charge in [-0.05, 0) is 67.2 Å². The molecule has 7 atom stereocenters. The smallest absolute Gasteiger partial charge is 0.247 e. The van der Waals surface area contributed by atoms with Crippen molar-refractivity contribution in [2.45, 2.75) is 32.7 Å². The van der Waals surface area contributed by atoms with Gasteiger partial charge in [0.1, 0.15) is 6.04 Å². The monoisotopic (exact) mass is 442 g/mol. The van der Waals surface area contributed by atoms with Crippen molar-refractivity contribution in [3.05, 3.63) is 40.4 Å². The molecule has 2 saturated carbocycles.